The summed E-state index contributed by atoms with van der Waals surface area (Å²) in [5.41, 5.74) is 0.222. The lowest BCUT2D eigenvalue weighted by Gasteiger charge is -2.24. The number of rotatable bonds is 29. The van der Waals surface area contributed by atoms with Gasteiger partial charge < -0.3 is 29.3 Å². The number of benzene rings is 1. The van der Waals surface area contributed by atoms with Gasteiger partial charge >= 0.3 is 7.82 Å². The molecule has 0 radical (unpaired) electrons. The van der Waals surface area contributed by atoms with E-state index in [1.54, 1.807) is 31.2 Å². The summed E-state index contributed by atoms with van der Waals surface area (Å²) in [5, 5.41) is 45.9. The summed E-state index contributed by atoms with van der Waals surface area (Å²) in [4.78, 5) is 14.7. The summed E-state index contributed by atoms with van der Waals surface area (Å²) in [6.45, 7) is 3.41. The average Bonchev–Trinajstić information content (AvgIpc) is 3.77. The third-order valence-electron chi connectivity index (χ3n) is 10.6. The highest BCUT2D eigenvalue weighted by atomic mass is 35.5. The highest BCUT2D eigenvalue weighted by Crippen LogP contribution is 2.46. The van der Waals surface area contributed by atoms with Crippen molar-refractivity contribution in [2.75, 3.05) is 26.4 Å². The highest BCUT2D eigenvalue weighted by Gasteiger charge is 2.58. The van der Waals surface area contributed by atoms with Crippen molar-refractivity contribution in [3.8, 4) is 12.1 Å². The number of aliphatic hydroxyl groups excluding tert-OH is 2. The first-order chi connectivity index (χ1) is 28.0. The molecule has 0 bridgehead atoms. The van der Waals surface area contributed by atoms with Gasteiger partial charge in [0.25, 0.3) is 0 Å². The molecular weight excluding hydrogens is 785 g/mol. The Bertz CT molecular complexity index is 1820. The molecule has 1 saturated heterocycles. The minimum atomic E-state index is -4.78. The number of aliphatic hydroxyl groups is 2. The zero-order chi connectivity index (χ0) is 41.8. The molecule has 2 aromatic heterocycles. The normalized spacial score (nSPS) is 20.9. The Hall–Kier alpha value is -2.98. The van der Waals surface area contributed by atoms with Crippen LogP contribution >= 0.6 is 19.4 Å². The number of unbranched alkanes of at least 4 members (excludes halogenated alkanes) is 15. The van der Waals surface area contributed by atoms with Crippen LogP contribution < -0.4 is 0 Å². The number of fused-ring (bicyclic) bond motifs is 1. The summed E-state index contributed by atoms with van der Waals surface area (Å²) in [6.07, 6.45) is 16.0. The second-order valence-electron chi connectivity index (χ2n) is 15.1. The van der Waals surface area contributed by atoms with E-state index in [1.165, 1.54) is 100 Å². The number of aryl methyl sites for hydroxylation is 1. The minimum absolute atomic E-state index is 0.0174. The van der Waals surface area contributed by atoms with E-state index in [0.717, 1.165) is 19.3 Å². The molecular formula is C42H61ClN5O9P. The monoisotopic (exact) mass is 845 g/mol. The number of aromatic nitrogens is 3. The molecule has 3 heterocycles. The van der Waals surface area contributed by atoms with E-state index in [-0.39, 0.29) is 18.9 Å². The quantitative estimate of drug-likeness (QED) is 0.0445. The van der Waals surface area contributed by atoms with Crippen molar-refractivity contribution in [3.63, 3.8) is 0 Å². The number of nitrogens with zero attached hydrogens (tertiary/aromatic N) is 5. The fourth-order valence-corrected chi connectivity index (χ4v) is 8.05. The predicted octanol–water partition coefficient (Wildman–Crippen LogP) is 8.40. The largest absolute Gasteiger partial charge is 0.472 e. The second-order valence-corrected chi connectivity index (χ2v) is 17.0. The molecule has 0 amide bonds. The molecule has 0 saturated carbocycles. The molecule has 1 fully saturated rings. The minimum Gasteiger partial charge on any atom is -0.387 e. The van der Waals surface area contributed by atoms with Gasteiger partial charge in [-0.25, -0.2) is 14.1 Å². The van der Waals surface area contributed by atoms with E-state index in [4.69, 9.17) is 34.9 Å². The summed E-state index contributed by atoms with van der Waals surface area (Å²) < 4.78 is 42.7. The number of phosphoric ester groups is 1. The Morgan fingerprint density at radius 3 is 2.19 bits per heavy atom. The van der Waals surface area contributed by atoms with Crippen LogP contribution in [0, 0.1) is 29.6 Å². The zero-order valence-electron chi connectivity index (χ0n) is 34.0. The topological polar surface area (TPSA) is 202 Å². The van der Waals surface area contributed by atoms with E-state index in [2.05, 4.69) is 23.1 Å². The molecule has 320 valence electrons. The molecule has 4 rings (SSSR count). The van der Waals surface area contributed by atoms with E-state index >= 15 is 0 Å². The van der Waals surface area contributed by atoms with Crippen molar-refractivity contribution in [2.24, 2.45) is 0 Å². The van der Waals surface area contributed by atoms with Gasteiger partial charge in [-0.05, 0) is 49.2 Å². The summed E-state index contributed by atoms with van der Waals surface area (Å²) >= 11 is 6.33. The van der Waals surface area contributed by atoms with E-state index < -0.39 is 51.1 Å². The van der Waals surface area contributed by atoms with Gasteiger partial charge in [-0.15, -0.1) is 0 Å². The third-order valence-corrected chi connectivity index (χ3v) is 11.9. The number of hydrogen-bond acceptors (Lipinski definition) is 12. The number of ether oxygens (including phenoxy) is 3. The van der Waals surface area contributed by atoms with Crippen molar-refractivity contribution in [3.05, 3.63) is 64.2 Å². The highest BCUT2D eigenvalue weighted by molar-refractivity contribution is 7.47. The van der Waals surface area contributed by atoms with Crippen LogP contribution in [-0.4, -0.2) is 80.5 Å². The Balaban J connectivity index is 1.20. The number of phosphoric acid groups is 1. The lowest BCUT2D eigenvalue weighted by Crippen LogP contribution is -2.41. The second kappa shape index (κ2) is 24.9. The first-order valence-corrected chi connectivity index (χ1v) is 22.7. The van der Waals surface area contributed by atoms with Crippen molar-refractivity contribution in [1.29, 1.82) is 10.5 Å². The Kier molecular flexibility index (Phi) is 20.5. The van der Waals surface area contributed by atoms with Crippen LogP contribution in [0.2, 0.25) is 5.02 Å². The first kappa shape index (κ1) is 47.7. The smallest absolute Gasteiger partial charge is 0.387 e. The fraction of sp³-hybridized carbons (Fsp3) is 0.667. The first-order valence-electron chi connectivity index (χ1n) is 20.8. The average molecular weight is 846 g/mol. The van der Waals surface area contributed by atoms with E-state index in [0.29, 0.717) is 34.0 Å². The molecule has 1 aliphatic rings. The molecule has 14 nitrogen and oxygen atoms in total. The van der Waals surface area contributed by atoms with Gasteiger partial charge in [0, 0.05) is 11.6 Å². The summed E-state index contributed by atoms with van der Waals surface area (Å²) in [5.74, 6) is 0. The SMILES string of the molecule is CCCCCCCCCCCCCCCCCCOC[C@H](COP(=O)(O)OC[C@H]1O[C@@](C#N)(c2ccc3c(C)ncnn23)[C@H](O)[C@@H]1O)OCc1cc(C#N)ccc1Cl. The van der Waals surface area contributed by atoms with Crippen LogP contribution in [0.3, 0.4) is 0 Å². The molecule has 1 aliphatic heterocycles. The van der Waals surface area contributed by atoms with Crippen molar-refractivity contribution >= 4 is 24.9 Å². The van der Waals surface area contributed by atoms with Gasteiger partial charge in [0.1, 0.15) is 36.8 Å². The van der Waals surface area contributed by atoms with Gasteiger partial charge in [-0.3, -0.25) is 9.05 Å². The van der Waals surface area contributed by atoms with Crippen LogP contribution in [0.1, 0.15) is 132 Å². The van der Waals surface area contributed by atoms with Gasteiger partial charge in [-0.1, -0.05) is 115 Å². The molecule has 16 heteroatoms. The van der Waals surface area contributed by atoms with Crippen LogP contribution in [-0.2, 0) is 40.0 Å². The van der Waals surface area contributed by atoms with Crippen LogP contribution in [0.4, 0.5) is 0 Å². The predicted molar refractivity (Wildman–Crippen MR) is 219 cm³/mol. The number of halogens is 1. The van der Waals surface area contributed by atoms with Crippen molar-refractivity contribution < 1.29 is 42.9 Å². The maximum Gasteiger partial charge on any atom is 0.472 e. The summed E-state index contributed by atoms with van der Waals surface area (Å²) in [7, 11) is -4.78. The standard InChI is InChI=1S/C42H61ClN5O9P/c1-3-4-5-6-7-8-9-10-11-12-13-14-15-16-17-18-23-53-27-35(54-26-34-24-33(25-44)19-20-36(34)43)28-55-58(51,52)56-29-38-40(49)41(50)42(30-45,57-38)39-22-21-37-32(2)46-31-47-48(37)39/h19-22,24,31,35,38,40-41,49-50H,3-18,23,26-29H2,1-2H3,(H,51,52)/t35-,38-,40-,41-,42+/m1/s1. The Morgan fingerprint density at radius 2 is 1.57 bits per heavy atom. The van der Waals surface area contributed by atoms with Gasteiger partial charge in [0.15, 0.2) is 0 Å². The van der Waals surface area contributed by atoms with Gasteiger partial charge in [-0.2, -0.15) is 15.6 Å². The third kappa shape index (κ3) is 14.3. The molecule has 58 heavy (non-hydrogen) atoms. The number of hydrogen-bond donors (Lipinski definition) is 3. The lowest BCUT2D eigenvalue weighted by atomic mass is 9.92. The Morgan fingerprint density at radius 1 is 0.931 bits per heavy atom. The molecule has 6 atom stereocenters. The molecule has 1 unspecified atom stereocenters. The number of nitriles is 2. The lowest BCUT2D eigenvalue weighted by molar-refractivity contribution is -0.0690. The van der Waals surface area contributed by atoms with Gasteiger partial charge in [0.05, 0.1) is 55.0 Å². The summed E-state index contributed by atoms with van der Waals surface area (Å²) in [6, 6.07) is 12.0. The van der Waals surface area contributed by atoms with E-state index in [9.17, 15) is 30.2 Å². The van der Waals surface area contributed by atoms with Gasteiger partial charge in [0.2, 0.25) is 5.60 Å². The molecule has 3 N–H and O–H groups in total. The zero-order valence-corrected chi connectivity index (χ0v) is 35.6. The molecule has 0 aliphatic carbocycles. The maximum atomic E-state index is 13.1. The fourth-order valence-electron chi connectivity index (χ4n) is 7.11. The molecule has 0 spiro atoms. The van der Waals surface area contributed by atoms with Crippen LogP contribution in [0.5, 0.6) is 0 Å². The maximum absolute atomic E-state index is 13.1. The van der Waals surface area contributed by atoms with Crippen molar-refractivity contribution in [1.82, 2.24) is 14.6 Å². The molecule has 3 aromatic rings. The van der Waals surface area contributed by atoms with Crippen LogP contribution in [0.25, 0.3) is 5.52 Å². The Labute approximate surface area is 348 Å². The molecule has 1 aromatic carbocycles. The van der Waals surface area contributed by atoms with E-state index in [1.807, 2.05) is 6.07 Å². The van der Waals surface area contributed by atoms with Crippen LogP contribution in [0.15, 0.2) is 36.7 Å². The van der Waals surface area contributed by atoms with Crippen molar-refractivity contribution in [2.45, 2.75) is 153 Å².